The molecule has 3 nitrogen and oxygen atoms in total. The van der Waals surface area contributed by atoms with E-state index in [1.165, 1.54) is 0 Å². The lowest BCUT2D eigenvalue weighted by Crippen LogP contribution is -2.26. The summed E-state index contributed by atoms with van der Waals surface area (Å²) in [5, 5.41) is 0. The minimum absolute atomic E-state index is 0.129. The van der Waals surface area contributed by atoms with E-state index >= 15 is 0 Å². The molecule has 0 fully saturated rings. The van der Waals surface area contributed by atoms with Crippen molar-refractivity contribution in [1.82, 2.24) is 0 Å². The largest absolute Gasteiger partial charge is 0.491 e. The molecule has 0 unspecified atom stereocenters. The minimum atomic E-state index is -0.192. The average Bonchev–Trinajstić information content (AvgIpc) is 2.14. The van der Waals surface area contributed by atoms with E-state index in [1.807, 2.05) is 32.0 Å². The number of rotatable bonds is 5. The van der Waals surface area contributed by atoms with Gasteiger partial charge >= 0.3 is 0 Å². The van der Waals surface area contributed by atoms with Crippen molar-refractivity contribution in [2.24, 2.45) is 0 Å². The molecule has 0 aliphatic carbocycles. The Labute approximate surface area is 104 Å². The summed E-state index contributed by atoms with van der Waals surface area (Å²) in [6.07, 6.45) is 1.06. The van der Waals surface area contributed by atoms with Crippen LogP contribution < -0.4 is 15.2 Å². The van der Waals surface area contributed by atoms with E-state index in [-0.39, 0.29) is 11.7 Å². The van der Waals surface area contributed by atoms with Crippen LogP contribution in [0.5, 0.6) is 11.5 Å². The number of hydrogen-bond acceptors (Lipinski definition) is 3. The molecular formula is C14H23NO2. The second-order valence-electron chi connectivity index (χ2n) is 5.12. The maximum absolute atomic E-state index is 5.89. The molecule has 1 rings (SSSR count). The second kappa shape index (κ2) is 5.30. The second-order valence-corrected chi connectivity index (χ2v) is 5.12. The van der Waals surface area contributed by atoms with Crippen LogP contribution in [0.1, 0.15) is 41.0 Å². The van der Waals surface area contributed by atoms with Gasteiger partial charge in [0.25, 0.3) is 0 Å². The lowest BCUT2D eigenvalue weighted by Gasteiger charge is -2.25. The summed E-state index contributed by atoms with van der Waals surface area (Å²) in [7, 11) is 0. The Morgan fingerprint density at radius 3 is 2.29 bits per heavy atom. The summed E-state index contributed by atoms with van der Waals surface area (Å²) < 4.78 is 11.5. The zero-order valence-corrected chi connectivity index (χ0v) is 11.4. The molecular weight excluding hydrogens is 214 g/mol. The maximum atomic E-state index is 5.89. The fourth-order valence-electron chi connectivity index (χ4n) is 1.38. The van der Waals surface area contributed by atoms with Crippen molar-refractivity contribution >= 4 is 5.69 Å². The van der Waals surface area contributed by atoms with Gasteiger partial charge < -0.3 is 15.2 Å². The van der Waals surface area contributed by atoms with E-state index in [1.54, 1.807) is 0 Å². The van der Waals surface area contributed by atoms with Crippen LogP contribution in [-0.2, 0) is 0 Å². The molecule has 0 heterocycles. The molecule has 1 aromatic carbocycles. The summed E-state index contributed by atoms with van der Waals surface area (Å²) in [5.74, 6) is 1.51. The van der Waals surface area contributed by atoms with Crippen molar-refractivity contribution in [3.8, 4) is 11.5 Å². The van der Waals surface area contributed by atoms with Gasteiger partial charge in [0.15, 0.2) is 0 Å². The first kappa shape index (κ1) is 13.7. The lowest BCUT2D eigenvalue weighted by atomic mass is 10.1. The van der Waals surface area contributed by atoms with Gasteiger partial charge in [0, 0.05) is 23.9 Å². The third-order valence-electron chi connectivity index (χ3n) is 2.52. The number of hydrogen-bond donors (Lipinski definition) is 1. The molecule has 0 saturated carbocycles. The van der Waals surface area contributed by atoms with E-state index in [0.29, 0.717) is 5.69 Å². The molecule has 0 spiro atoms. The molecule has 1 aromatic rings. The molecule has 0 bridgehead atoms. The van der Waals surface area contributed by atoms with Gasteiger partial charge in [-0.1, -0.05) is 6.92 Å². The van der Waals surface area contributed by atoms with Crippen molar-refractivity contribution in [2.45, 2.75) is 52.7 Å². The molecule has 0 saturated heterocycles. The van der Waals surface area contributed by atoms with Gasteiger partial charge in [0.1, 0.15) is 17.1 Å². The summed E-state index contributed by atoms with van der Waals surface area (Å²) in [6.45, 7) is 10.2. The van der Waals surface area contributed by atoms with E-state index in [4.69, 9.17) is 15.2 Å². The average molecular weight is 237 g/mol. The third-order valence-corrected chi connectivity index (χ3v) is 2.52. The highest BCUT2D eigenvalue weighted by Gasteiger charge is 2.17. The predicted octanol–water partition coefficient (Wildman–Crippen LogP) is 3.62. The van der Waals surface area contributed by atoms with Crippen molar-refractivity contribution in [3.05, 3.63) is 18.2 Å². The van der Waals surface area contributed by atoms with Gasteiger partial charge in [-0.15, -0.1) is 0 Å². The zero-order chi connectivity index (χ0) is 13.1. The van der Waals surface area contributed by atoms with E-state index in [9.17, 15) is 0 Å². The van der Waals surface area contributed by atoms with Gasteiger partial charge in [-0.05, 0) is 34.1 Å². The standard InChI is InChI=1S/C14H23NO2/c1-6-14(4,5)17-13-8-11(15)7-12(9-13)16-10(2)3/h7-10H,6,15H2,1-5H3. The van der Waals surface area contributed by atoms with Crippen molar-refractivity contribution in [1.29, 1.82) is 0 Å². The highest BCUT2D eigenvalue weighted by atomic mass is 16.5. The first-order chi connectivity index (χ1) is 7.82. The normalized spacial score (nSPS) is 11.6. The lowest BCUT2D eigenvalue weighted by molar-refractivity contribution is 0.105. The topological polar surface area (TPSA) is 44.5 Å². The molecule has 0 aliphatic rings. The fraction of sp³-hybridized carbons (Fsp3) is 0.571. The SMILES string of the molecule is CCC(C)(C)Oc1cc(N)cc(OC(C)C)c1. The number of nitrogens with two attached hydrogens (primary N) is 1. The van der Waals surface area contributed by atoms with Gasteiger partial charge in [0.05, 0.1) is 6.10 Å². The molecule has 0 aromatic heterocycles. The van der Waals surface area contributed by atoms with Crippen LogP contribution in [0, 0.1) is 0 Å². The Balaban J connectivity index is 2.89. The predicted molar refractivity (Wildman–Crippen MR) is 71.6 cm³/mol. The zero-order valence-electron chi connectivity index (χ0n) is 11.4. The van der Waals surface area contributed by atoms with Crippen LogP contribution in [0.3, 0.4) is 0 Å². The molecule has 0 amide bonds. The van der Waals surface area contributed by atoms with Crippen LogP contribution in [0.2, 0.25) is 0 Å². The summed E-state index contributed by atoms with van der Waals surface area (Å²) >= 11 is 0. The summed E-state index contributed by atoms with van der Waals surface area (Å²) in [5.41, 5.74) is 6.30. The van der Waals surface area contributed by atoms with Crippen LogP contribution in [0.15, 0.2) is 18.2 Å². The van der Waals surface area contributed by atoms with E-state index in [0.717, 1.165) is 17.9 Å². The van der Waals surface area contributed by atoms with Crippen LogP contribution in [-0.4, -0.2) is 11.7 Å². The van der Waals surface area contributed by atoms with Crippen molar-refractivity contribution in [3.63, 3.8) is 0 Å². The number of nitrogen functional groups attached to an aromatic ring is 1. The van der Waals surface area contributed by atoms with Crippen LogP contribution >= 0.6 is 0 Å². The Morgan fingerprint density at radius 1 is 1.18 bits per heavy atom. The van der Waals surface area contributed by atoms with Gasteiger partial charge in [-0.3, -0.25) is 0 Å². The number of anilines is 1. The third kappa shape index (κ3) is 4.55. The highest BCUT2D eigenvalue weighted by Crippen LogP contribution is 2.28. The Hall–Kier alpha value is -1.38. The smallest absolute Gasteiger partial charge is 0.125 e. The molecule has 2 N–H and O–H groups in total. The van der Waals surface area contributed by atoms with Gasteiger partial charge in [-0.2, -0.15) is 0 Å². The Bertz CT molecular complexity index is 372. The van der Waals surface area contributed by atoms with Crippen molar-refractivity contribution in [2.75, 3.05) is 5.73 Å². The highest BCUT2D eigenvalue weighted by molar-refractivity contribution is 5.50. The molecule has 0 radical (unpaired) electrons. The minimum Gasteiger partial charge on any atom is -0.491 e. The van der Waals surface area contributed by atoms with E-state index in [2.05, 4.69) is 20.8 Å². The van der Waals surface area contributed by atoms with Crippen molar-refractivity contribution < 1.29 is 9.47 Å². The number of benzene rings is 1. The van der Waals surface area contributed by atoms with Crippen LogP contribution in [0.25, 0.3) is 0 Å². The monoisotopic (exact) mass is 237 g/mol. The summed E-state index contributed by atoms with van der Waals surface area (Å²) in [4.78, 5) is 0. The molecule has 3 heteroatoms. The number of ether oxygens (including phenoxy) is 2. The first-order valence-electron chi connectivity index (χ1n) is 6.08. The Morgan fingerprint density at radius 2 is 1.76 bits per heavy atom. The molecule has 17 heavy (non-hydrogen) atoms. The van der Waals surface area contributed by atoms with Gasteiger partial charge in [-0.25, -0.2) is 0 Å². The molecule has 96 valence electrons. The maximum Gasteiger partial charge on any atom is 0.125 e. The molecule has 0 atom stereocenters. The fourth-order valence-corrected chi connectivity index (χ4v) is 1.38. The van der Waals surface area contributed by atoms with Crippen LogP contribution in [0.4, 0.5) is 5.69 Å². The quantitative estimate of drug-likeness (QED) is 0.795. The Kier molecular flexibility index (Phi) is 4.27. The van der Waals surface area contributed by atoms with E-state index < -0.39 is 0 Å². The molecule has 0 aliphatic heterocycles. The summed E-state index contributed by atoms with van der Waals surface area (Å²) in [6, 6.07) is 5.52. The first-order valence-corrected chi connectivity index (χ1v) is 6.08. The van der Waals surface area contributed by atoms with Gasteiger partial charge in [0.2, 0.25) is 0 Å².